The Balaban J connectivity index is 1.11. The molecule has 49 heavy (non-hydrogen) atoms. The normalized spacial score (nSPS) is 19.8. The Morgan fingerprint density at radius 1 is 1.08 bits per heavy atom. The van der Waals surface area contributed by atoms with Gasteiger partial charge in [0.15, 0.2) is 11.6 Å². The van der Waals surface area contributed by atoms with E-state index in [0.717, 1.165) is 57.8 Å². The number of anilines is 1. The van der Waals surface area contributed by atoms with Crippen molar-refractivity contribution in [1.29, 1.82) is 5.26 Å². The number of nitrogens with zero attached hydrogens (tertiary/aromatic N) is 7. The summed E-state index contributed by atoms with van der Waals surface area (Å²) in [6.07, 6.45) is 4.96. The topological polar surface area (TPSA) is 126 Å². The Morgan fingerprint density at radius 2 is 1.86 bits per heavy atom. The number of nitrogen functional groups attached to an aromatic ring is 1. The van der Waals surface area contributed by atoms with Gasteiger partial charge >= 0.3 is 0 Å². The van der Waals surface area contributed by atoms with E-state index < -0.39 is 11.4 Å². The molecule has 0 bridgehead atoms. The summed E-state index contributed by atoms with van der Waals surface area (Å²) < 4.78 is 28.3. The average Bonchev–Trinajstić information content (AvgIpc) is 3.49. The predicted octanol–water partition coefficient (Wildman–Crippen LogP) is 5.02. The number of halogens is 1. The number of nitrogens with two attached hydrogens (primary N) is 1. The first-order valence-corrected chi connectivity index (χ1v) is 16.9. The van der Waals surface area contributed by atoms with Crippen LogP contribution in [-0.4, -0.2) is 99.4 Å². The number of aromatic nitrogens is 3. The third kappa shape index (κ3) is 6.62. The van der Waals surface area contributed by atoms with Gasteiger partial charge in [-0.15, -0.1) is 0 Å². The first kappa shape index (κ1) is 32.7. The average molecular weight is 665 g/mol. The van der Waals surface area contributed by atoms with Gasteiger partial charge < -0.3 is 20.1 Å². The quantitative estimate of drug-likeness (QED) is 0.204. The number of nitriles is 1. The van der Waals surface area contributed by atoms with Crippen molar-refractivity contribution >= 4 is 22.6 Å². The minimum absolute atomic E-state index is 0.0989. The predicted molar refractivity (Wildman–Crippen MR) is 184 cm³/mol. The molecule has 3 aliphatic rings. The highest BCUT2D eigenvalue weighted by Gasteiger charge is 2.35. The fourth-order valence-corrected chi connectivity index (χ4v) is 7.13. The van der Waals surface area contributed by atoms with Crippen molar-refractivity contribution in [2.24, 2.45) is 0 Å². The molecular weight excluding hydrogens is 623 g/mol. The number of fused-ring (bicyclic) bond motifs is 1. The molecule has 7 rings (SSSR count). The van der Waals surface area contributed by atoms with Gasteiger partial charge in [-0.05, 0) is 69.2 Å². The Bertz CT molecular complexity index is 1910. The molecule has 0 spiro atoms. The number of carbonyl (C=O) groups is 1. The second kappa shape index (κ2) is 13.6. The second-order valence-electron chi connectivity index (χ2n) is 13.5. The molecule has 11 nitrogen and oxygen atoms in total. The third-order valence-corrected chi connectivity index (χ3v) is 9.97. The van der Waals surface area contributed by atoms with Crippen LogP contribution in [0.5, 0.6) is 11.5 Å². The lowest BCUT2D eigenvalue weighted by molar-refractivity contribution is -0.128. The standard InChI is InChI=1S/C37H41FN8O3/c1-37(2,45-17-15-43(16-18-45)28-23-48-24-28)20-26(21-39)36(47)44-14-6-7-27(22-44)46-31-12-13-41-35(40)33(31)34(42-46)25-10-11-32(30(38)19-25)49-29-8-4-3-5-9-29/h3-5,8-13,19-20,27-28H,6-7,14-18,22-24H2,1-2H3,(H2,40,41)/t27-/m1/s1. The monoisotopic (exact) mass is 664 g/mol. The van der Waals surface area contributed by atoms with Crippen molar-refractivity contribution in [3.8, 4) is 28.8 Å². The van der Waals surface area contributed by atoms with Gasteiger partial charge in [0.2, 0.25) is 0 Å². The number of piperidine rings is 1. The molecule has 3 saturated heterocycles. The van der Waals surface area contributed by atoms with Gasteiger partial charge in [-0.1, -0.05) is 18.2 Å². The largest absolute Gasteiger partial charge is 0.454 e. The lowest BCUT2D eigenvalue weighted by Gasteiger charge is -2.46. The number of hydrogen-bond donors (Lipinski definition) is 1. The molecule has 0 radical (unpaired) electrons. The van der Waals surface area contributed by atoms with Crippen LogP contribution in [0.2, 0.25) is 0 Å². The van der Waals surface area contributed by atoms with Gasteiger partial charge in [-0.3, -0.25) is 19.3 Å². The minimum atomic E-state index is -0.533. The van der Waals surface area contributed by atoms with Crippen LogP contribution < -0.4 is 10.5 Å². The SMILES string of the molecule is CC(C)(C=C(C#N)C(=O)N1CCC[C@@H](n2nc(-c3ccc(Oc4ccccc4)c(F)c3)c3c(N)nccc32)C1)N1CCN(C2COC2)CC1. The fourth-order valence-electron chi connectivity index (χ4n) is 7.13. The van der Waals surface area contributed by atoms with Crippen LogP contribution in [0.15, 0.2) is 72.4 Å². The van der Waals surface area contributed by atoms with E-state index in [1.54, 1.807) is 35.4 Å². The van der Waals surface area contributed by atoms with Crippen molar-refractivity contribution in [1.82, 2.24) is 29.5 Å². The van der Waals surface area contributed by atoms with Gasteiger partial charge in [0, 0.05) is 56.6 Å². The number of para-hydroxylation sites is 1. The lowest BCUT2D eigenvalue weighted by atomic mass is 9.96. The van der Waals surface area contributed by atoms with Crippen molar-refractivity contribution in [3.63, 3.8) is 0 Å². The summed E-state index contributed by atoms with van der Waals surface area (Å²) in [5, 5.41) is 15.7. The zero-order valence-corrected chi connectivity index (χ0v) is 27.9. The van der Waals surface area contributed by atoms with Crippen molar-refractivity contribution in [3.05, 3.63) is 78.3 Å². The Morgan fingerprint density at radius 3 is 2.55 bits per heavy atom. The number of piperazine rings is 1. The lowest BCUT2D eigenvalue weighted by Crippen LogP contribution is -2.59. The molecule has 5 heterocycles. The fraction of sp³-hybridized carbons (Fsp3) is 0.405. The molecule has 0 aliphatic carbocycles. The Labute approximate surface area is 285 Å². The van der Waals surface area contributed by atoms with E-state index >= 15 is 4.39 Å². The van der Waals surface area contributed by atoms with Crippen molar-refractivity contribution < 1.29 is 18.7 Å². The summed E-state index contributed by atoms with van der Waals surface area (Å²) in [4.78, 5) is 24.7. The van der Waals surface area contributed by atoms with E-state index in [0.29, 0.717) is 41.5 Å². The summed E-state index contributed by atoms with van der Waals surface area (Å²) in [6.45, 7) is 10.2. The van der Waals surface area contributed by atoms with Gasteiger partial charge in [-0.25, -0.2) is 9.37 Å². The molecule has 3 aliphatic heterocycles. The zero-order chi connectivity index (χ0) is 34.1. The van der Waals surface area contributed by atoms with Crippen LogP contribution in [-0.2, 0) is 9.53 Å². The summed E-state index contributed by atoms with van der Waals surface area (Å²) in [6, 6.07) is 18.1. The van der Waals surface area contributed by atoms with Crippen LogP contribution in [0.25, 0.3) is 22.2 Å². The van der Waals surface area contributed by atoms with E-state index in [2.05, 4.69) is 34.7 Å². The maximum Gasteiger partial charge on any atom is 0.264 e. The second-order valence-corrected chi connectivity index (χ2v) is 13.5. The summed E-state index contributed by atoms with van der Waals surface area (Å²) in [5.74, 6) is 0.103. The molecule has 2 N–H and O–H groups in total. The number of rotatable bonds is 8. The van der Waals surface area contributed by atoms with Crippen LogP contribution in [0.1, 0.15) is 32.7 Å². The summed E-state index contributed by atoms with van der Waals surface area (Å²) in [5.41, 5.74) is 7.85. The van der Waals surface area contributed by atoms with E-state index in [1.165, 1.54) is 6.07 Å². The van der Waals surface area contributed by atoms with E-state index in [1.807, 2.05) is 35.0 Å². The highest BCUT2D eigenvalue weighted by atomic mass is 19.1. The number of benzene rings is 2. The maximum absolute atomic E-state index is 15.3. The van der Waals surface area contributed by atoms with Gasteiger partial charge in [0.25, 0.3) is 5.91 Å². The molecule has 1 atom stereocenters. The van der Waals surface area contributed by atoms with E-state index in [4.69, 9.17) is 20.3 Å². The highest BCUT2D eigenvalue weighted by Crippen LogP contribution is 2.37. The molecule has 1 amide bonds. The molecule has 0 saturated carbocycles. The van der Waals surface area contributed by atoms with Crippen molar-refractivity contribution in [2.45, 2.75) is 44.3 Å². The number of amides is 1. The third-order valence-electron chi connectivity index (χ3n) is 9.97. The van der Waals surface area contributed by atoms with E-state index in [9.17, 15) is 10.1 Å². The number of pyridine rings is 1. The zero-order valence-electron chi connectivity index (χ0n) is 27.9. The van der Waals surface area contributed by atoms with Crippen LogP contribution in [0, 0.1) is 17.1 Å². The molecule has 4 aromatic rings. The number of ether oxygens (including phenoxy) is 2. The Kier molecular flexibility index (Phi) is 9.07. The number of carbonyl (C=O) groups excluding carboxylic acids is 1. The van der Waals surface area contributed by atoms with Gasteiger partial charge in [-0.2, -0.15) is 10.4 Å². The first-order valence-electron chi connectivity index (χ1n) is 16.9. The molecule has 0 unspecified atom stereocenters. The van der Waals surface area contributed by atoms with Gasteiger partial charge in [0.05, 0.1) is 36.2 Å². The molecule has 3 fully saturated rings. The van der Waals surface area contributed by atoms with E-state index in [-0.39, 0.29) is 29.1 Å². The molecule has 2 aromatic heterocycles. The van der Waals surface area contributed by atoms with Gasteiger partial charge in [0.1, 0.15) is 28.9 Å². The number of likely N-dealkylation sites (tertiary alicyclic amines) is 1. The molecule has 12 heteroatoms. The summed E-state index contributed by atoms with van der Waals surface area (Å²) >= 11 is 0. The van der Waals surface area contributed by atoms with Crippen LogP contribution >= 0.6 is 0 Å². The molecule has 2 aromatic carbocycles. The van der Waals surface area contributed by atoms with Crippen LogP contribution in [0.3, 0.4) is 0 Å². The highest BCUT2D eigenvalue weighted by molar-refractivity contribution is 6.00. The smallest absolute Gasteiger partial charge is 0.264 e. The summed E-state index contributed by atoms with van der Waals surface area (Å²) in [7, 11) is 0. The molecule has 254 valence electrons. The Hall–Kier alpha value is -4.83. The van der Waals surface area contributed by atoms with Crippen LogP contribution in [0.4, 0.5) is 10.2 Å². The minimum Gasteiger partial charge on any atom is -0.454 e. The molecular formula is C37H41FN8O3. The maximum atomic E-state index is 15.3. The first-order chi connectivity index (χ1) is 23.7. The van der Waals surface area contributed by atoms with Crippen molar-refractivity contribution in [2.75, 3.05) is 58.2 Å². The number of hydrogen-bond acceptors (Lipinski definition) is 9.